The van der Waals surface area contributed by atoms with Crippen LogP contribution in [-0.2, 0) is 11.3 Å². The molecule has 21 heavy (non-hydrogen) atoms. The van der Waals surface area contributed by atoms with Crippen molar-refractivity contribution < 1.29 is 14.3 Å². The molecule has 1 atom stereocenters. The first-order chi connectivity index (χ1) is 10.2. The highest BCUT2D eigenvalue weighted by Gasteiger charge is 2.05. The van der Waals surface area contributed by atoms with Crippen LogP contribution in [0.5, 0.6) is 0 Å². The molecule has 0 spiro atoms. The average Bonchev–Trinajstić information content (AvgIpc) is 2.87. The van der Waals surface area contributed by atoms with E-state index in [9.17, 15) is 5.11 Å². The molecule has 0 radical (unpaired) electrons. The van der Waals surface area contributed by atoms with Gasteiger partial charge in [0.15, 0.2) is 4.67 Å². The van der Waals surface area contributed by atoms with E-state index in [-0.39, 0.29) is 0 Å². The maximum atomic E-state index is 9.78. The second kappa shape index (κ2) is 12.2. The number of hydrogen-bond donors (Lipinski definition) is 2. The van der Waals surface area contributed by atoms with Crippen LogP contribution in [0.3, 0.4) is 0 Å². The minimum Gasteiger partial charge on any atom is -0.452 e. The highest BCUT2D eigenvalue weighted by Crippen LogP contribution is 2.14. The summed E-state index contributed by atoms with van der Waals surface area (Å²) in [7, 11) is 0. The maximum absolute atomic E-state index is 9.78. The van der Waals surface area contributed by atoms with E-state index in [2.05, 4.69) is 28.2 Å². The maximum Gasteiger partial charge on any atom is 0.169 e. The van der Waals surface area contributed by atoms with Crippen LogP contribution in [0.1, 0.15) is 51.2 Å². The highest BCUT2D eigenvalue weighted by molar-refractivity contribution is 9.10. The van der Waals surface area contributed by atoms with Gasteiger partial charge in [0.1, 0.15) is 12.4 Å². The Bertz CT molecular complexity index is 357. The lowest BCUT2D eigenvalue weighted by Gasteiger charge is -2.11. The van der Waals surface area contributed by atoms with Gasteiger partial charge in [-0.25, -0.2) is 0 Å². The minimum atomic E-state index is -0.469. The molecule has 0 saturated heterocycles. The van der Waals surface area contributed by atoms with Crippen LogP contribution in [0.4, 0.5) is 0 Å². The van der Waals surface area contributed by atoms with Gasteiger partial charge in [0, 0.05) is 6.54 Å². The summed E-state index contributed by atoms with van der Waals surface area (Å²) in [6.45, 7) is 4.49. The number of hydrogen-bond acceptors (Lipinski definition) is 4. The van der Waals surface area contributed by atoms with Gasteiger partial charge < -0.3 is 19.6 Å². The second-order valence-electron chi connectivity index (χ2n) is 5.35. The molecule has 1 rings (SSSR count). The molecule has 5 heteroatoms. The van der Waals surface area contributed by atoms with Crippen LogP contribution >= 0.6 is 15.9 Å². The Hall–Kier alpha value is -0.360. The molecule has 122 valence electrons. The summed E-state index contributed by atoms with van der Waals surface area (Å²) in [6, 6.07) is 3.68. The van der Waals surface area contributed by atoms with E-state index in [0.717, 1.165) is 12.3 Å². The quantitative estimate of drug-likeness (QED) is 0.523. The van der Waals surface area contributed by atoms with Crippen molar-refractivity contribution in [2.45, 2.75) is 58.2 Å². The lowest BCUT2D eigenvalue weighted by atomic mass is 10.1. The molecule has 0 saturated carbocycles. The molecule has 1 unspecified atom stereocenters. The van der Waals surface area contributed by atoms with Gasteiger partial charge in [0.25, 0.3) is 0 Å². The summed E-state index contributed by atoms with van der Waals surface area (Å²) in [5, 5.41) is 13.0. The van der Waals surface area contributed by atoms with E-state index < -0.39 is 6.10 Å². The second-order valence-corrected chi connectivity index (χ2v) is 6.13. The SMILES string of the molecule is CCCCCCCCNCC(O)COCc1ccc(Br)o1. The van der Waals surface area contributed by atoms with E-state index in [1.54, 1.807) is 0 Å². The van der Waals surface area contributed by atoms with Crippen molar-refractivity contribution in [3.63, 3.8) is 0 Å². The van der Waals surface area contributed by atoms with Gasteiger partial charge in [-0.3, -0.25) is 0 Å². The smallest absolute Gasteiger partial charge is 0.169 e. The summed E-state index contributed by atoms with van der Waals surface area (Å²) in [5.41, 5.74) is 0. The largest absolute Gasteiger partial charge is 0.452 e. The Morgan fingerprint density at radius 1 is 1.24 bits per heavy atom. The third-order valence-electron chi connectivity index (χ3n) is 3.27. The molecule has 1 aromatic heterocycles. The molecule has 0 aliphatic carbocycles. The summed E-state index contributed by atoms with van der Waals surface area (Å²) in [5.74, 6) is 0.758. The van der Waals surface area contributed by atoms with Crippen molar-refractivity contribution in [2.75, 3.05) is 19.7 Å². The topological polar surface area (TPSA) is 54.6 Å². The fourth-order valence-corrected chi connectivity index (χ4v) is 2.42. The molecule has 4 nitrogen and oxygen atoms in total. The lowest BCUT2D eigenvalue weighted by molar-refractivity contribution is 0.0225. The van der Waals surface area contributed by atoms with Gasteiger partial charge in [-0.1, -0.05) is 39.0 Å². The lowest BCUT2D eigenvalue weighted by Crippen LogP contribution is -2.30. The molecular formula is C16H28BrNO3. The minimum absolute atomic E-state index is 0.321. The van der Waals surface area contributed by atoms with Gasteiger partial charge >= 0.3 is 0 Å². The van der Waals surface area contributed by atoms with Crippen molar-refractivity contribution in [1.82, 2.24) is 5.32 Å². The number of unbranched alkanes of at least 4 members (excludes halogenated alkanes) is 5. The summed E-state index contributed by atoms with van der Waals surface area (Å²) < 4.78 is 11.4. The Labute approximate surface area is 136 Å². The Morgan fingerprint density at radius 2 is 2.00 bits per heavy atom. The van der Waals surface area contributed by atoms with E-state index in [1.165, 1.54) is 38.5 Å². The van der Waals surface area contributed by atoms with E-state index in [0.29, 0.717) is 24.4 Å². The van der Waals surface area contributed by atoms with Gasteiger partial charge in [-0.15, -0.1) is 0 Å². The zero-order chi connectivity index (χ0) is 15.3. The van der Waals surface area contributed by atoms with Gasteiger partial charge in [-0.05, 0) is 41.0 Å². The molecule has 0 fully saturated rings. The van der Waals surface area contributed by atoms with Crippen molar-refractivity contribution in [3.8, 4) is 0 Å². The van der Waals surface area contributed by atoms with Crippen molar-refractivity contribution in [3.05, 3.63) is 22.6 Å². The fraction of sp³-hybridized carbons (Fsp3) is 0.750. The Morgan fingerprint density at radius 3 is 2.71 bits per heavy atom. The third-order valence-corrected chi connectivity index (χ3v) is 3.70. The molecule has 0 bridgehead atoms. The molecule has 0 aromatic carbocycles. The Balaban J connectivity index is 1.88. The third kappa shape index (κ3) is 10.1. The van der Waals surface area contributed by atoms with E-state index in [1.807, 2.05) is 12.1 Å². The predicted molar refractivity (Wildman–Crippen MR) is 88.3 cm³/mol. The molecular weight excluding hydrogens is 334 g/mol. The number of rotatable bonds is 13. The first-order valence-corrected chi connectivity index (χ1v) is 8.72. The number of aliphatic hydroxyl groups is 1. The monoisotopic (exact) mass is 361 g/mol. The van der Waals surface area contributed by atoms with Crippen LogP contribution in [0, 0.1) is 0 Å². The van der Waals surface area contributed by atoms with Gasteiger partial charge in [0.05, 0.1) is 12.7 Å². The molecule has 1 heterocycles. The molecule has 1 aromatic rings. The van der Waals surface area contributed by atoms with Gasteiger partial charge in [-0.2, -0.15) is 0 Å². The standard InChI is InChI=1S/C16H28BrNO3/c1-2-3-4-5-6-7-10-18-11-14(19)12-20-13-15-8-9-16(17)21-15/h8-9,14,18-19H,2-7,10-13H2,1H3. The van der Waals surface area contributed by atoms with Crippen molar-refractivity contribution >= 4 is 15.9 Å². The number of aliphatic hydroxyl groups excluding tert-OH is 1. The van der Waals surface area contributed by atoms with E-state index >= 15 is 0 Å². The van der Waals surface area contributed by atoms with Crippen LogP contribution in [0.25, 0.3) is 0 Å². The average molecular weight is 362 g/mol. The number of nitrogens with one attached hydrogen (secondary N) is 1. The fourth-order valence-electron chi connectivity index (χ4n) is 2.08. The highest BCUT2D eigenvalue weighted by atomic mass is 79.9. The van der Waals surface area contributed by atoms with Crippen LogP contribution in [0.2, 0.25) is 0 Å². The van der Waals surface area contributed by atoms with Crippen molar-refractivity contribution in [2.24, 2.45) is 0 Å². The first-order valence-electron chi connectivity index (χ1n) is 7.93. The predicted octanol–water partition coefficient (Wildman–Crippen LogP) is 3.87. The number of ether oxygens (including phenoxy) is 1. The van der Waals surface area contributed by atoms with E-state index in [4.69, 9.17) is 9.15 Å². The molecule has 2 N–H and O–H groups in total. The van der Waals surface area contributed by atoms with Crippen LogP contribution < -0.4 is 5.32 Å². The Kier molecular flexibility index (Phi) is 10.9. The summed E-state index contributed by atoms with van der Waals surface area (Å²) in [6.07, 6.45) is 7.28. The van der Waals surface area contributed by atoms with Crippen molar-refractivity contribution in [1.29, 1.82) is 0 Å². The first kappa shape index (κ1) is 18.7. The number of halogens is 1. The zero-order valence-electron chi connectivity index (χ0n) is 12.9. The molecule has 0 amide bonds. The van der Waals surface area contributed by atoms with Gasteiger partial charge in [0.2, 0.25) is 0 Å². The summed E-state index contributed by atoms with van der Waals surface area (Å²) >= 11 is 3.24. The van der Waals surface area contributed by atoms with Crippen LogP contribution in [-0.4, -0.2) is 30.9 Å². The summed E-state index contributed by atoms with van der Waals surface area (Å²) in [4.78, 5) is 0. The number of furan rings is 1. The molecule has 0 aliphatic heterocycles. The normalized spacial score (nSPS) is 12.7. The molecule has 0 aliphatic rings. The zero-order valence-corrected chi connectivity index (χ0v) is 14.5. The van der Waals surface area contributed by atoms with Crippen LogP contribution in [0.15, 0.2) is 21.2 Å².